The van der Waals surface area contributed by atoms with Gasteiger partial charge in [-0.1, -0.05) is 12.1 Å². The summed E-state index contributed by atoms with van der Waals surface area (Å²) in [6, 6.07) is 11.4. The highest BCUT2D eigenvalue weighted by atomic mass is 19.1. The molecule has 1 unspecified atom stereocenters. The highest BCUT2D eigenvalue weighted by molar-refractivity contribution is 5.30. The molecule has 3 heterocycles. The molecule has 4 rings (SSSR count). The molecular weight excluding hydrogens is 391 g/mol. The van der Waals surface area contributed by atoms with Gasteiger partial charge in [-0.25, -0.2) is 14.4 Å². The van der Waals surface area contributed by atoms with Gasteiger partial charge in [0.1, 0.15) is 11.6 Å². The first-order valence-corrected chi connectivity index (χ1v) is 10.9. The Bertz CT molecular complexity index is 1010. The van der Waals surface area contributed by atoms with Crippen LogP contribution in [0.2, 0.25) is 0 Å². The van der Waals surface area contributed by atoms with E-state index >= 15 is 0 Å². The second-order valence-corrected chi connectivity index (χ2v) is 8.23. The number of methoxy groups -OCH3 is 1. The molecule has 2 aromatic heterocycles. The van der Waals surface area contributed by atoms with Crippen LogP contribution in [0.25, 0.3) is 0 Å². The molecule has 3 aromatic rings. The molecule has 0 bridgehead atoms. The first-order valence-electron chi connectivity index (χ1n) is 10.9. The second kappa shape index (κ2) is 10.1. The van der Waals surface area contributed by atoms with Crippen molar-refractivity contribution in [3.8, 4) is 0 Å². The minimum absolute atomic E-state index is 0.194. The van der Waals surface area contributed by atoms with Crippen LogP contribution < -0.4 is 0 Å². The van der Waals surface area contributed by atoms with Crippen LogP contribution in [-0.2, 0) is 24.1 Å². The predicted octanol–water partition coefficient (Wildman–Crippen LogP) is 4.44. The third kappa shape index (κ3) is 5.71. The number of aryl methyl sites for hydroxylation is 1. The van der Waals surface area contributed by atoms with E-state index in [1.165, 1.54) is 11.6 Å². The maximum absolute atomic E-state index is 13.6. The van der Waals surface area contributed by atoms with Crippen molar-refractivity contribution in [1.82, 2.24) is 19.9 Å². The van der Waals surface area contributed by atoms with Gasteiger partial charge in [0.15, 0.2) is 0 Å². The average molecular weight is 421 g/mol. The van der Waals surface area contributed by atoms with E-state index in [2.05, 4.69) is 27.0 Å². The van der Waals surface area contributed by atoms with E-state index in [0.29, 0.717) is 13.0 Å². The standard InChI is InChI=1S/C25H29FN4O/c1-18-11-20(12-19-5-3-6-22(26)13-19)14-23(29-18)24-7-4-9-30(24)17-21-15-27-25(28-16-21)8-10-31-2/h3,5-6,11,13-16,24H,4,7-10,12,17H2,1-2H3. The van der Waals surface area contributed by atoms with Crippen molar-refractivity contribution < 1.29 is 9.13 Å². The highest BCUT2D eigenvalue weighted by Crippen LogP contribution is 2.33. The van der Waals surface area contributed by atoms with Crippen LogP contribution in [0.5, 0.6) is 0 Å². The average Bonchev–Trinajstić information content (AvgIpc) is 3.21. The number of aromatic nitrogens is 3. The summed E-state index contributed by atoms with van der Waals surface area (Å²) in [4.78, 5) is 16.3. The SMILES string of the molecule is COCCc1ncc(CN2CCCC2c2cc(Cc3cccc(F)c3)cc(C)n2)cn1. The molecule has 0 N–H and O–H groups in total. The van der Waals surface area contributed by atoms with Crippen molar-refractivity contribution in [2.45, 2.75) is 45.2 Å². The lowest BCUT2D eigenvalue weighted by molar-refractivity contribution is 0.200. The van der Waals surface area contributed by atoms with Crippen molar-refractivity contribution in [3.63, 3.8) is 0 Å². The fraction of sp³-hybridized carbons (Fsp3) is 0.400. The van der Waals surface area contributed by atoms with E-state index in [-0.39, 0.29) is 11.9 Å². The van der Waals surface area contributed by atoms with Crippen LogP contribution >= 0.6 is 0 Å². The van der Waals surface area contributed by atoms with Crippen molar-refractivity contribution in [2.75, 3.05) is 20.3 Å². The maximum Gasteiger partial charge on any atom is 0.130 e. The van der Waals surface area contributed by atoms with Gasteiger partial charge in [0.05, 0.1) is 18.3 Å². The van der Waals surface area contributed by atoms with E-state index < -0.39 is 0 Å². The van der Waals surface area contributed by atoms with Crippen LogP contribution in [0.15, 0.2) is 48.8 Å². The first-order chi connectivity index (χ1) is 15.1. The second-order valence-electron chi connectivity index (χ2n) is 8.23. The zero-order valence-electron chi connectivity index (χ0n) is 18.2. The largest absolute Gasteiger partial charge is 0.384 e. The zero-order chi connectivity index (χ0) is 21.6. The minimum atomic E-state index is -0.194. The van der Waals surface area contributed by atoms with E-state index in [1.54, 1.807) is 19.2 Å². The molecule has 6 heteroatoms. The Morgan fingerprint density at radius 3 is 2.71 bits per heavy atom. The van der Waals surface area contributed by atoms with Crippen LogP contribution in [0.1, 0.15) is 52.8 Å². The van der Waals surface area contributed by atoms with Crippen molar-refractivity contribution >= 4 is 0 Å². The quantitative estimate of drug-likeness (QED) is 0.539. The number of hydrogen-bond acceptors (Lipinski definition) is 5. The molecule has 0 saturated carbocycles. The van der Waals surface area contributed by atoms with Crippen LogP contribution in [0.3, 0.4) is 0 Å². The minimum Gasteiger partial charge on any atom is -0.384 e. The van der Waals surface area contributed by atoms with Crippen molar-refractivity contribution in [2.24, 2.45) is 0 Å². The molecule has 0 amide bonds. The monoisotopic (exact) mass is 420 g/mol. The molecule has 0 spiro atoms. The number of halogens is 1. The van der Waals surface area contributed by atoms with Crippen molar-refractivity contribution in [3.05, 3.63) is 88.5 Å². The van der Waals surface area contributed by atoms with E-state index in [9.17, 15) is 4.39 Å². The van der Waals surface area contributed by atoms with Crippen LogP contribution in [0.4, 0.5) is 4.39 Å². The first kappa shape index (κ1) is 21.5. The Labute approximate surface area is 183 Å². The summed E-state index contributed by atoms with van der Waals surface area (Å²) in [5.41, 5.74) is 5.36. The lowest BCUT2D eigenvalue weighted by Crippen LogP contribution is -2.24. The molecule has 1 aromatic carbocycles. The van der Waals surface area contributed by atoms with Gasteiger partial charge in [-0.15, -0.1) is 0 Å². The smallest absolute Gasteiger partial charge is 0.130 e. The summed E-state index contributed by atoms with van der Waals surface area (Å²) in [6.07, 6.45) is 7.51. The summed E-state index contributed by atoms with van der Waals surface area (Å²) >= 11 is 0. The predicted molar refractivity (Wildman–Crippen MR) is 118 cm³/mol. The number of ether oxygens (including phenoxy) is 1. The molecule has 1 aliphatic heterocycles. The lowest BCUT2D eigenvalue weighted by atomic mass is 10.0. The van der Waals surface area contributed by atoms with Crippen LogP contribution in [-0.4, -0.2) is 40.1 Å². The van der Waals surface area contributed by atoms with E-state index in [0.717, 1.165) is 60.7 Å². The Kier molecular flexibility index (Phi) is 6.99. The third-order valence-corrected chi connectivity index (χ3v) is 5.71. The Balaban J connectivity index is 1.48. The molecule has 1 atom stereocenters. The fourth-order valence-electron chi connectivity index (χ4n) is 4.29. The van der Waals surface area contributed by atoms with Gasteiger partial charge >= 0.3 is 0 Å². The number of pyridine rings is 1. The van der Waals surface area contributed by atoms with Gasteiger partial charge in [0.25, 0.3) is 0 Å². The summed E-state index contributed by atoms with van der Waals surface area (Å²) < 4.78 is 18.7. The van der Waals surface area contributed by atoms with Gasteiger partial charge in [-0.3, -0.25) is 9.88 Å². The molecule has 162 valence electrons. The Morgan fingerprint density at radius 1 is 1.10 bits per heavy atom. The number of benzene rings is 1. The third-order valence-electron chi connectivity index (χ3n) is 5.71. The molecule has 0 aliphatic carbocycles. The van der Waals surface area contributed by atoms with Gasteiger partial charge in [0, 0.05) is 43.7 Å². The molecular formula is C25H29FN4O. The highest BCUT2D eigenvalue weighted by Gasteiger charge is 2.27. The normalized spacial score (nSPS) is 16.7. The van der Waals surface area contributed by atoms with Crippen LogP contribution in [0, 0.1) is 12.7 Å². The molecule has 0 radical (unpaired) electrons. The van der Waals surface area contributed by atoms with Gasteiger partial charge in [-0.05, 0) is 68.1 Å². The molecule has 1 fully saturated rings. The zero-order valence-corrected chi connectivity index (χ0v) is 18.2. The maximum atomic E-state index is 13.6. The number of nitrogens with zero attached hydrogens (tertiary/aromatic N) is 4. The van der Waals surface area contributed by atoms with Gasteiger partial charge < -0.3 is 4.74 Å². The molecule has 31 heavy (non-hydrogen) atoms. The lowest BCUT2D eigenvalue weighted by Gasteiger charge is -2.24. The summed E-state index contributed by atoms with van der Waals surface area (Å²) in [5.74, 6) is 0.617. The fourth-order valence-corrected chi connectivity index (χ4v) is 4.29. The Hall–Kier alpha value is -2.70. The molecule has 5 nitrogen and oxygen atoms in total. The number of rotatable bonds is 8. The number of likely N-dealkylation sites (tertiary alicyclic amines) is 1. The summed E-state index contributed by atoms with van der Waals surface area (Å²) in [7, 11) is 1.69. The van der Waals surface area contributed by atoms with Gasteiger partial charge in [0.2, 0.25) is 0 Å². The Morgan fingerprint density at radius 2 is 1.94 bits per heavy atom. The van der Waals surface area contributed by atoms with Gasteiger partial charge in [-0.2, -0.15) is 0 Å². The number of hydrogen-bond donors (Lipinski definition) is 0. The van der Waals surface area contributed by atoms with E-state index in [1.807, 2.05) is 25.4 Å². The molecule has 1 saturated heterocycles. The van der Waals surface area contributed by atoms with E-state index in [4.69, 9.17) is 9.72 Å². The summed E-state index contributed by atoms with van der Waals surface area (Å²) in [6.45, 7) is 4.50. The van der Waals surface area contributed by atoms with Crippen molar-refractivity contribution in [1.29, 1.82) is 0 Å². The topological polar surface area (TPSA) is 51.1 Å². The molecule has 1 aliphatic rings. The summed E-state index contributed by atoms with van der Waals surface area (Å²) in [5, 5.41) is 0.